The number of rotatable bonds is 4. The van der Waals surface area contributed by atoms with E-state index in [4.69, 9.17) is 10.8 Å². The highest BCUT2D eigenvalue weighted by atomic mass is 19.3. The first-order chi connectivity index (χ1) is 6.65. The van der Waals surface area contributed by atoms with E-state index < -0.39 is 12.3 Å². The maximum Gasteiger partial charge on any atom is 0.245 e. The summed E-state index contributed by atoms with van der Waals surface area (Å²) in [5.74, 6) is -0.755. The fourth-order valence-corrected chi connectivity index (χ4v) is 1.34. The molecule has 0 bridgehead atoms. The third-order valence-corrected chi connectivity index (χ3v) is 2.10. The molecule has 0 saturated carbocycles. The second-order valence-corrected chi connectivity index (χ2v) is 3.11. The van der Waals surface area contributed by atoms with Crippen LogP contribution in [0.15, 0.2) is 24.3 Å². The van der Waals surface area contributed by atoms with Crippen LogP contribution in [0.2, 0.25) is 0 Å². The normalized spacial score (nSPS) is 13.1. The summed E-state index contributed by atoms with van der Waals surface area (Å²) < 4.78 is 25.1. The van der Waals surface area contributed by atoms with Crippen molar-refractivity contribution in [3.8, 4) is 5.75 Å². The van der Waals surface area contributed by atoms with Gasteiger partial charge in [-0.2, -0.15) is 0 Å². The lowest BCUT2D eigenvalue weighted by atomic mass is 9.96. The second-order valence-electron chi connectivity index (χ2n) is 3.11. The molecule has 1 aromatic rings. The van der Waals surface area contributed by atoms with Crippen LogP contribution in [0.3, 0.4) is 0 Å². The van der Waals surface area contributed by atoms with Crippen LogP contribution < -0.4 is 5.73 Å². The Morgan fingerprint density at radius 1 is 1.21 bits per heavy atom. The van der Waals surface area contributed by atoms with E-state index in [2.05, 4.69) is 0 Å². The van der Waals surface area contributed by atoms with Crippen molar-refractivity contribution in [2.24, 2.45) is 5.73 Å². The van der Waals surface area contributed by atoms with Crippen molar-refractivity contribution in [3.63, 3.8) is 0 Å². The maximum atomic E-state index is 12.6. The van der Waals surface area contributed by atoms with Crippen LogP contribution in [0.5, 0.6) is 5.75 Å². The fourth-order valence-electron chi connectivity index (χ4n) is 1.34. The topological polar surface area (TPSA) is 46.2 Å². The zero-order valence-corrected chi connectivity index (χ0v) is 7.66. The standard InChI is InChI=1S/C10H13F2NO/c11-10(12)9(5-6-13)7-1-3-8(14)4-2-7/h1-4,9-10,14H,5-6,13H2. The molecule has 0 amide bonds. The Labute approximate surface area is 81.4 Å². The molecule has 0 spiro atoms. The van der Waals surface area contributed by atoms with Crippen molar-refractivity contribution in [1.29, 1.82) is 0 Å². The predicted octanol–water partition coefficient (Wildman–Crippen LogP) is 2.09. The van der Waals surface area contributed by atoms with Crippen LogP contribution >= 0.6 is 0 Å². The van der Waals surface area contributed by atoms with E-state index in [9.17, 15) is 8.78 Å². The van der Waals surface area contributed by atoms with Crippen LogP contribution in [0.4, 0.5) is 8.78 Å². The summed E-state index contributed by atoms with van der Waals surface area (Å²) in [6.45, 7) is 0.232. The third-order valence-electron chi connectivity index (χ3n) is 2.10. The summed E-state index contributed by atoms with van der Waals surface area (Å²) in [4.78, 5) is 0. The van der Waals surface area contributed by atoms with Gasteiger partial charge in [-0.1, -0.05) is 12.1 Å². The Kier molecular flexibility index (Phi) is 3.83. The molecule has 1 aromatic carbocycles. The van der Waals surface area contributed by atoms with Gasteiger partial charge in [0.25, 0.3) is 0 Å². The lowest BCUT2D eigenvalue weighted by molar-refractivity contribution is 0.111. The van der Waals surface area contributed by atoms with Crippen molar-refractivity contribution in [2.75, 3.05) is 6.54 Å². The van der Waals surface area contributed by atoms with Gasteiger partial charge in [0.1, 0.15) is 5.75 Å². The largest absolute Gasteiger partial charge is 0.508 e. The van der Waals surface area contributed by atoms with E-state index >= 15 is 0 Å². The number of hydrogen-bond donors (Lipinski definition) is 2. The van der Waals surface area contributed by atoms with Crippen molar-refractivity contribution in [3.05, 3.63) is 29.8 Å². The van der Waals surface area contributed by atoms with E-state index in [1.165, 1.54) is 24.3 Å². The molecule has 3 N–H and O–H groups in total. The highest BCUT2D eigenvalue weighted by Crippen LogP contribution is 2.27. The predicted molar refractivity (Wildman–Crippen MR) is 50.5 cm³/mol. The SMILES string of the molecule is NCCC(c1ccc(O)cc1)C(F)F. The molecule has 0 fully saturated rings. The van der Waals surface area contributed by atoms with Crippen LogP contribution in [0.1, 0.15) is 17.9 Å². The summed E-state index contributed by atoms with van der Waals surface area (Å²) in [6.07, 6.45) is -2.16. The minimum atomic E-state index is -2.41. The molecule has 0 aromatic heterocycles. The van der Waals surface area contributed by atoms with E-state index in [-0.39, 0.29) is 18.7 Å². The molecule has 0 radical (unpaired) electrons. The quantitative estimate of drug-likeness (QED) is 0.783. The number of alkyl halides is 2. The van der Waals surface area contributed by atoms with Crippen molar-refractivity contribution in [2.45, 2.75) is 18.8 Å². The molecule has 14 heavy (non-hydrogen) atoms. The first-order valence-electron chi connectivity index (χ1n) is 4.42. The van der Waals surface area contributed by atoms with E-state index in [1.807, 2.05) is 0 Å². The molecule has 4 heteroatoms. The summed E-state index contributed by atoms with van der Waals surface area (Å²) in [6, 6.07) is 5.81. The molecule has 0 saturated heterocycles. The smallest absolute Gasteiger partial charge is 0.245 e. The Morgan fingerprint density at radius 3 is 2.21 bits per heavy atom. The monoisotopic (exact) mass is 201 g/mol. The number of phenols is 1. The Hall–Kier alpha value is -1.16. The van der Waals surface area contributed by atoms with Gasteiger partial charge in [-0.3, -0.25) is 0 Å². The fraction of sp³-hybridized carbons (Fsp3) is 0.400. The van der Waals surface area contributed by atoms with Gasteiger partial charge in [0.05, 0.1) is 0 Å². The molecule has 0 aliphatic carbocycles. The lowest BCUT2D eigenvalue weighted by Gasteiger charge is -2.15. The highest BCUT2D eigenvalue weighted by molar-refractivity contribution is 5.28. The van der Waals surface area contributed by atoms with Gasteiger partial charge in [-0.25, -0.2) is 8.78 Å². The molecule has 1 unspecified atom stereocenters. The van der Waals surface area contributed by atoms with Crippen LogP contribution in [0, 0.1) is 0 Å². The van der Waals surface area contributed by atoms with Crippen molar-refractivity contribution < 1.29 is 13.9 Å². The number of phenolic OH excluding ortho intramolecular Hbond substituents is 1. The number of halogens is 2. The first-order valence-corrected chi connectivity index (χ1v) is 4.42. The van der Waals surface area contributed by atoms with E-state index in [0.717, 1.165) is 0 Å². The van der Waals surface area contributed by atoms with Gasteiger partial charge in [-0.15, -0.1) is 0 Å². The number of nitrogens with two attached hydrogens (primary N) is 1. The molecular weight excluding hydrogens is 188 g/mol. The molecule has 1 rings (SSSR count). The van der Waals surface area contributed by atoms with Gasteiger partial charge < -0.3 is 10.8 Å². The Morgan fingerprint density at radius 2 is 1.79 bits per heavy atom. The molecule has 1 atom stereocenters. The molecule has 0 aliphatic heterocycles. The third kappa shape index (κ3) is 2.67. The zero-order valence-electron chi connectivity index (χ0n) is 7.66. The van der Waals surface area contributed by atoms with Crippen LogP contribution in [-0.2, 0) is 0 Å². The van der Waals surface area contributed by atoms with Crippen LogP contribution in [0.25, 0.3) is 0 Å². The minimum absolute atomic E-state index is 0.0783. The number of benzene rings is 1. The molecule has 78 valence electrons. The number of aromatic hydroxyl groups is 1. The summed E-state index contributed by atoms with van der Waals surface area (Å²) in [5, 5.41) is 8.99. The summed E-state index contributed by atoms with van der Waals surface area (Å²) in [7, 11) is 0. The van der Waals surface area contributed by atoms with Gasteiger partial charge in [0.2, 0.25) is 6.43 Å². The first kappa shape index (κ1) is 10.9. The van der Waals surface area contributed by atoms with Gasteiger partial charge in [0, 0.05) is 5.92 Å². The van der Waals surface area contributed by atoms with E-state index in [0.29, 0.717) is 5.56 Å². The minimum Gasteiger partial charge on any atom is -0.508 e. The van der Waals surface area contributed by atoms with Gasteiger partial charge in [0.15, 0.2) is 0 Å². The van der Waals surface area contributed by atoms with E-state index in [1.54, 1.807) is 0 Å². The maximum absolute atomic E-state index is 12.6. The van der Waals surface area contributed by atoms with Crippen molar-refractivity contribution >= 4 is 0 Å². The second kappa shape index (κ2) is 4.91. The zero-order chi connectivity index (χ0) is 10.6. The van der Waals surface area contributed by atoms with Gasteiger partial charge >= 0.3 is 0 Å². The summed E-state index contributed by atoms with van der Waals surface area (Å²) >= 11 is 0. The molecule has 0 aliphatic rings. The highest BCUT2D eigenvalue weighted by Gasteiger charge is 2.21. The molecule has 0 heterocycles. The van der Waals surface area contributed by atoms with Crippen molar-refractivity contribution in [1.82, 2.24) is 0 Å². The molecule has 2 nitrogen and oxygen atoms in total. The van der Waals surface area contributed by atoms with Gasteiger partial charge in [-0.05, 0) is 30.7 Å². The molecular formula is C10H13F2NO. The Bertz CT molecular complexity index is 274. The lowest BCUT2D eigenvalue weighted by Crippen LogP contribution is -2.14. The average molecular weight is 201 g/mol. The Balaban J connectivity index is 2.82. The number of hydrogen-bond acceptors (Lipinski definition) is 2. The summed E-state index contributed by atoms with van der Waals surface area (Å²) in [5.41, 5.74) is 5.77. The average Bonchev–Trinajstić information content (AvgIpc) is 2.15. The van der Waals surface area contributed by atoms with Crippen LogP contribution in [-0.4, -0.2) is 18.1 Å².